The zero-order valence-corrected chi connectivity index (χ0v) is 23.9. The van der Waals surface area contributed by atoms with Gasteiger partial charge in [-0.3, -0.25) is 0 Å². The third-order valence-electron chi connectivity index (χ3n) is 4.34. The van der Waals surface area contributed by atoms with E-state index in [1.54, 1.807) is 0 Å². The number of hydrogen-bond donors (Lipinski definition) is 2. The van der Waals surface area contributed by atoms with Crippen LogP contribution in [0.25, 0.3) is 0 Å². The summed E-state index contributed by atoms with van der Waals surface area (Å²) in [5, 5.41) is 0. The molecule has 0 bridgehead atoms. The minimum atomic E-state index is -3.98. The summed E-state index contributed by atoms with van der Waals surface area (Å²) >= 11 is 0. The molecule has 3 aromatic rings. The highest BCUT2D eigenvalue weighted by Gasteiger charge is 2.17. The van der Waals surface area contributed by atoms with Crippen LogP contribution in [0.2, 0.25) is 0 Å². The van der Waals surface area contributed by atoms with Gasteiger partial charge < -0.3 is 5.73 Å². The van der Waals surface area contributed by atoms with Crippen molar-refractivity contribution >= 4 is 49.6 Å². The van der Waals surface area contributed by atoms with E-state index in [9.17, 15) is 16.8 Å². The standard InChI is InChI=1S/C14H14ClNO4S2.C8H11N.2H3P/c1-11-5-7-12(8-6-11)10-16-22(19,20)14-4-2-3-13(9-14)21(15,17)18;1-7-2-4-8(6-9)5-3-7;;/h2-9,16H,10H2,1H3;2-5H,6,9H2,1H3;2*1H3. The lowest BCUT2D eigenvalue weighted by atomic mass is 10.2. The van der Waals surface area contributed by atoms with Crippen molar-refractivity contribution in [1.29, 1.82) is 0 Å². The normalized spacial score (nSPS) is 10.8. The lowest BCUT2D eigenvalue weighted by Crippen LogP contribution is -2.23. The molecule has 182 valence electrons. The van der Waals surface area contributed by atoms with Gasteiger partial charge in [0.2, 0.25) is 10.0 Å². The predicted octanol–water partition coefficient (Wildman–Crippen LogP) is 3.97. The molecule has 0 saturated heterocycles. The Morgan fingerprint density at radius 3 is 1.67 bits per heavy atom. The van der Waals surface area contributed by atoms with Crippen molar-refractivity contribution in [1.82, 2.24) is 4.72 Å². The SMILES string of the molecule is Cc1ccc(CN)cc1.Cc1ccc(CNS(=O)(=O)c2cccc(S(=O)(=O)Cl)c2)cc1.P.P. The van der Waals surface area contributed by atoms with Gasteiger partial charge in [-0.25, -0.2) is 21.6 Å². The number of benzene rings is 3. The molecular formula is C22H31ClN2O4P2S2. The van der Waals surface area contributed by atoms with Crippen LogP contribution >= 0.6 is 30.5 Å². The minimum absolute atomic E-state index is 0. The smallest absolute Gasteiger partial charge is 0.261 e. The first-order chi connectivity index (χ1) is 14.5. The van der Waals surface area contributed by atoms with E-state index in [1.807, 2.05) is 31.2 Å². The highest BCUT2D eigenvalue weighted by molar-refractivity contribution is 8.13. The van der Waals surface area contributed by atoms with Crippen molar-refractivity contribution < 1.29 is 16.8 Å². The van der Waals surface area contributed by atoms with Gasteiger partial charge in [0, 0.05) is 23.8 Å². The van der Waals surface area contributed by atoms with E-state index in [0.29, 0.717) is 6.54 Å². The predicted molar refractivity (Wildman–Crippen MR) is 146 cm³/mol. The molecule has 3 aromatic carbocycles. The van der Waals surface area contributed by atoms with Crippen molar-refractivity contribution in [2.75, 3.05) is 0 Å². The number of rotatable bonds is 6. The average Bonchev–Trinajstić information content (AvgIpc) is 2.74. The van der Waals surface area contributed by atoms with Crippen molar-refractivity contribution in [2.45, 2.75) is 36.7 Å². The van der Waals surface area contributed by atoms with E-state index in [4.69, 9.17) is 16.4 Å². The third kappa shape index (κ3) is 10.6. The molecule has 0 aliphatic rings. The van der Waals surface area contributed by atoms with E-state index in [2.05, 4.69) is 35.9 Å². The first kappa shape index (κ1) is 31.6. The summed E-state index contributed by atoms with van der Waals surface area (Å²) in [6.07, 6.45) is 0. The molecule has 0 fully saturated rings. The van der Waals surface area contributed by atoms with Crippen LogP contribution in [0.5, 0.6) is 0 Å². The van der Waals surface area contributed by atoms with Crippen molar-refractivity contribution in [3.8, 4) is 0 Å². The van der Waals surface area contributed by atoms with Crippen LogP contribution in [0.3, 0.4) is 0 Å². The van der Waals surface area contributed by atoms with Gasteiger partial charge in [-0.2, -0.15) is 19.8 Å². The fourth-order valence-electron chi connectivity index (χ4n) is 2.48. The molecule has 0 amide bonds. The van der Waals surface area contributed by atoms with Gasteiger partial charge in [0.1, 0.15) is 0 Å². The Kier molecular flexibility index (Phi) is 13.5. The zero-order valence-electron chi connectivity index (χ0n) is 18.7. The van der Waals surface area contributed by atoms with Crippen LogP contribution < -0.4 is 10.5 Å². The lowest BCUT2D eigenvalue weighted by molar-refractivity contribution is 0.581. The van der Waals surface area contributed by atoms with E-state index in [0.717, 1.165) is 17.2 Å². The highest BCUT2D eigenvalue weighted by atomic mass is 35.7. The molecule has 2 atom stereocenters. The quantitative estimate of drug-likeness (QED) is 0.358. The molecule has 2 unspecified atom stereocenters. The van der Waals surface area contributed by atoms with Crippen molar-refractivity contribution in [3.63, 3.8) is 0 Å². The Morgan fingerprint density at radius 2 is 1.21 bits per heavy atom. The Bertz CT molecular complexity index is 1220. The number of nitrogens with two attached hydrogens (primary N) is 1. The average molecular weight is 549 g/mol. The molecule has 3 N–H and O–H groups in total. The second-order valence-electron chi connectivity index (χ2n) is 6.91. The number of aryl methyl sites for hydroxylation is 2. The summed E-state index contributed by atoms with van der Waals surface area (Å²) in [7, 11) is -2.58. The van der Waals surface area contributed by atoms with Gasteiger partial charge in [0.25, 0.3) is 9.05 Å². The van der Waals surface area contributed by atoms with Crippen LogP contribution in [0, 0.1) is 13.8 Å². The molecule has 0 aromatic heterocycles. The minimum Gasteiger partial charge on any atom is -0.326 e. The molecular weight excluding hydrogens is 518 g/mol. The molecule has 0 aliphatic carbocycles. The van der Waals surface area contributed by atoms with Crippen LogP contribution in [-0.4, -0.2) is 16.8 Å². The van der Waals surface area contributed by atoms with Crippen LogP contribution in [0.15, 0.2) is 82.6 Å². The van der Waals surface area contributed by atoms with Crippen LogP contribution in [-0.2, 0) is 32.2 Å². The Balaban J connectivity index is 0.000000789. The largest absolute Gasteiger partial charge is 0.326 e. The fourth-order valence-corrected chi connectivity index (χ4v) is 4.42. The topological polar surface area (TPSA) is 106 Å². The highest BCUT2D eigenvalue weighted by Crippen LogP contribution is 2.19. The van der Waals surface area contributed by atoms with E-state index < -0.39 is 19.1 Å². The molecule has 6 nitrogen and oxygen atoms in total. The van der Waals surface area contributed by atoms with Gasteiger partial charge >= 0.3 is 0 Å². The summed E-state index contributed by atoms with van der Waals surface area (Å²) in [4.78, 5) is -0.409. The third-order valence-corrected chi connectivity index (χ3v) is 7.09. The first-order valence-corrected chi connectivity index (χ1v) is 13.2. The van der Waals surface area contributed by atoms with Gasteiger partial charge in [-0.1, -0.05) is 65.7 Å². The molecule has 11 heteroatoms. The molecule has 0 aliphatic heterocycles. The van der Waals surface area contributed by atoms with Gasteiger partial charge in [-0.15, -0.1) is 0 Å². The summed E-state index contributed by atoms with van der Waals surface area (Å²) in [5.74, 6) is 0. The maximum atomic E-state index is 12.2. The molecule has 0 heterocycles. The van der Waals surface area contributed by atoms with E-state index in [1.165, 1.54) is 29.3 Å². The number of hydrogen-bond acceptors (Lipinski definition) is 5. The number of halogens is 1. The summed E-state index contributed by atoms with van der Waals surface area (Å²) in [6.45, 7) is 4.76. The summed E-state index contributed by atoms with van der Waals surface area (Å²) in [5.41, 5.74) is 9.76. The lowest BCUT2D eigenvalue weighted by Gasteiger charge is -2.08. The Morgan fingerprint density at radius 1 is 0.758 bits per heavy atom. The maximum Gasteiger partial charge on any atom is 0.261 e. The zero-order chi connectivity index (χ0) is 23.1. The van der Waals surface area contributed by atoms with Gasteiger partial charge in [0.15, 0.2) is 0 Å². The van der Waals surface area contributed by atoms with E-state index >= 15 is 0 Å². The molecule has 0 spiro atoms. The van der Waals surface area contributed by atoms with Crippen LogP contribution in [0.1, 0.15) is 22.3 Å². The molecule has 0 radical (unpaired) electrons. The number of sulfonamides is 1. The molecule has 3 rings (SSSR count). The van der Waals surface area contributed by atoms with Crippen molar-refractivity contribution in [3.05, 3.63) is 95.1 Å². The second kappa shape index (κ2) is 14.1. The Hall–Kier alpha value is -1.37. The maximum absolute atomic E-state index is 12.2. The second-order valence-corrected chi connectivity index (χ2v) is 11.2. The summed E-state index contributed by atoms with van der Waals surface area (Å²) in [6, 6.07) is 20.5. The van der Waals surface area contributed by atoms with Crippen molar-refractivity contribution in [2.24, 2.45) is 5.73 Å². The number of nitrogens with one attached hydrogen (secondary N) is 1. The van der Waals surface area contributed by atoms with Gasteiger partial charge in [-0.05, 0) is 43.2 Å². The monoisotopic (exact) mass is 548 g/mol. The first-order valence-electron chi connectivity index (χ1n) is 9.37. The molecule has 0 saturated carbocycles. The van der Waals surface area contributed by atoms with Gasteiger partial charge in [0.05, 0.1) is 9.79 Å². The van der Waals surface area contributed by atoms with Crippen LogP contribution in [0.4, 0.5) is 0 Å². The fraction of sp³-hybridized carbons (Fsp3) is 0.182. The summed E-state index contributed by atoms with van der Waals surface area (Å²) < 4.78 is 49.4. The van der Waals surface area contributed by atoms with E-state index in [-0.39, 0.29) is 36.1 Å². The molecule has 33 heavy (non-hydrogen) atoms. The Labute approximate surface area is 208 Å².